The van der Waals surface area contributed by atoms with Crippen LogP contribution >= 0.6 is 23.2 Å². The number of hydrogen-bond donors (Lipinski definition) is 2. The number of rotatable bonds is 9. The summed E-state index contributed by atoms with van der Waals surface area (Å²) in [7, 11) is -4.22. The molecule has 1 atom stereocenters. The minimum absolute atomic E-state index is 0.0117. The van der Waals surface area contributed by atoms with Gasteiger partial charge in [-0.1, -0.05) is 89.4 Å². The van der Waals surface area contributed by atoms with Gasteiger partial charge in [-0.15, -0.1) is 0 Å². The van der Waals surface area contributed by atoms with Gasteiger partial charge in [-0.2, -0.15) is 0 Å². The van der Waals surface area contributed by atoms with E-state index >= 15 is 0 Å². The topological polar surface area (TPSA) is 95.6 Å². The Hall–Kier alpha value is -3.85. The fourth-order valence-electron chi connectivity index (χ4n) is 4.03. The Morgan fingerprint density at radius 3 is 2.20 bits per heavy atom. The molecule has 0 radical (unpaired) electrons. The number of aryl methyl sites for hydroxylation is 1. The van der Waals surface area contributed by atoms with E-state index in [-0.39, 0.29) is 37.9 Å². The normalized spacial score (nSPS) is 11.9. The van der Waals surface area contributed by atoms with Crippen LogP contribution in [-0.4, -0.2) is 26.8 Å². The number of nitrogens with one attached hydrogen (secondary N) is 2. The van der Waals surface area contributed by atoms with Crippen LogP contribution in [0.1, 0.15) is 34.5 Å². The molecular weight excluding hydrogens is 569 g/mol. The van der Waals surface area contributed by atoms with Gasteiger partial charge in [0, 0.05) is 0 Å². The number of amides is 2. The van der Waals surface area contributed by atoms with Crippen molar-refractivity contribution >= 4 is 56.4 Å². The van der Waals surface area contributed by atoms with Gasteiger partial charge in [-0.05, 0) is 55.8 Å². The molecule has 4 rings (SSSR count). The summed E-state index contributed by atoms with van der Waals surface area (Å²) in [5.74, 6) is -1.07. The van der Waals surface area contributed by atoms with Crippen molar-refractivity contribution in [1.82, 2.24) is 5.32 Å². The average Bonchev–Trinajstić information content (AvgIpc) is 2.94. The molecule has 0 aromatic heterocycles. The van der Waals surface area contributed by atoms with Gasteiger partial charge < -0.3 is 10.6 Å². The minimum Gasteiger partial charge on any atom is -0.345 e. The van der Waals surface area contributed by atoms with Gasteiger partial charge in [-0.3, -0.25) is 13.9 Å². The van der Waals surface area contributed by atoms with Gasteiger partial charge in [0.2, 0.25) is 5.91 Å². The van der Waals surface area contributed by atoms with Crippen molar-refractivity contribution in [2.75, 3.05) is 16.2 Å². The lowest BCUT2D eigenvalue weighted by Crippen LogP contribution is -2.38. The average molecular weight is 597 g/mol. The molecule has 0 aliphatic carbocycles. The Bertz CT molecular complexity index is 1630. The van der Waals surface area contributed by atoms with Crippen molar-refractivity contribution in [3.05, 3.63) is 124 Å². The predicted octanol–water partition coefficient (Wildman–Crippen LogP) is 6.63. The first-order valence-electron chi connectivity index (χ1n) is 12.4. The molecule has 0 aliphatic heterocycles. The largest absolute Gasteiger partial charge is 0.345 e. The van der Waals surface area contributed by atoms with E-state index in [2.05, 4.69) is 10.6 Å². The van der Waals surface area contributed by atoms with E-state index in [4.69, 9.17) is 23.2 Å². The van der Waals surface area contributed by atoms with Gasteiger partial charge in [0.05, 0.1) is 37.9 Å². The Kier molecular flexibility index (Phi) is 9.14. The molecule has 7 nitrogen and oxygen atoms in total. The van der Waals surface area contributed by atoms with Gasteiger partial charge >= 0.3 is 0 Å². The molecule has 2 N–H and O–H groups in total. The van der Waals surface area contributed by atoms with E-state index in [1.165, 1.54) is 24.3 Å². The molecular formula is C30H27Cl2N3O4S. The van der Waals surface area contributed by atoms with Crippen molar-refractivity contribution in [2.45, 2.75) is 24.8 Å². The van der Waals surface area contributed by atoms with Crippen LogP contribution in [0.3, 0.4) is 0 Å². The molecule has 0 fully saturated rings. The van der Waals surface area contributed by atoms with Crippen LogP contribution in [0.5, 0.6) is 0 Å². The molecule has 0 unspecified atom stereocenters. The zero-order valence-corrected chi connectivity index (χ0v) is 24.1. The second-order valence-electron chi connectivity index (χ2n) is 9.10. The third-order valence-electron chi connectivity index (χ3n) is 6.19. The highest BCUT2D eigenvalue weighted by Gasteiger charge is 2.30. The summed E-state index contributed by atoms with van der Waals surface area (Å²) in [6.07, 6.45) is 0. The maximum atomic E-state index is 13.7. The van der Waals surface area contributed by atoms with E-state index in [0.717, 1.165) is 15.4 Å². The summed E-state index contributed by atoms with van der Waals surface area (Å²) in [5.41, 5.74) is 2.31. The number of carbonyl (C=O) groups is 2. The van der Waals surface area contributed by atoms with Crippen molar-refractivity contribution in [3.8, 4) is 0 Å². The highest BCUT2D eigenvalue weighted by atomic mass is 35.5. The van der Waals surface area contributed by atoms with Gasteiger partial charge in [0.1, 0.15) is 6.54 Å². The smallest absolute Gasteiger partial charge is 0.264 e. The Balaban J connectivity index is 1.61. The van der Waals surface area contributed by atoms with E-state index in [9.17, 15) is 18.0 Å². The lowest BCUT2D eigenvalue weighted by atomic mass is 10.1. The van der Waals surface area contributed by atoms with Gasteiger partial charge in [-0.25, -0.2) is 8.42 Å². The molecule has 4 aromatic carbocycles. The van der Waals surface area contributed by atoms with Crippen LogP contribution in [0.4, 0.5) is 11.4 Å². The number of benzene rings is 4. The summed E-state index contributed by atoms with van der Waals surface area (Å²) in [4.78, 5) is 26.4. The molecule has 0 saturated carbocycles. The number of anilines is 2. The molecule has 0 heterocycles. The van der Waals surface area contributed by atoms with Crippen LogP contribution in [-0.2, 0) is 14.8 Å². The fraction of sp³-hybridized carbons (Fsp3) is 0.133. The summed E-state index contributed by atoms with van der Waals surface area (Å²) in [6, 6.07) is 26.5. The molecule has 4 aromatic rings. The SMILES string of the molecule is Cc1ccc(S(=O)(=O)N(CC(=O)Nc2ccccc2C(=O)N[C@H](C)c2ccccc2)c2cccc(Cl)c2Cl)cc1. The molecule has 10 heteroatoms. The van der Waals surface area contributed by atoms with Crippen molar-refractivity contribution < 1.29 is 18.0 Å². The lowest BCUT2D eigenvalue weighted by Gasteiger charge is -2.25. The van der Waals surface area contributed by atoms with E-state index in [1.807, 2.05) is 44.2 Å². The highest BCUT2D eigenvalue weighted by molar-refractivity contribution is 7.92. The van der Waals surface area contributed by atoms with Crippen LogP contribution in [0.25, 0.3) is 0 Å². The maximum Gasteiger partial charge on any atom is 0.264 e. The summed E-state index contributed by atoms with van der Waals surface area (Å²) >= 11 is 12.6. The molecule has 0 aliphatic rings. The number of carbonyl (C=O) groups excluding carboxylic acids is 2. The summed E-state index contributed by atoms with van der Waals surface area (Å²) < 4.78 is 28.3. The highest BCUT2D eigenvalue weighted by Crippen LogP contribution is 2.35. The maximum absolute atomic E-state index is 13.7. The predicted molar refractivity (Wildman–Crippen MR) is 160 cm³/mol. The van der Waals surface area contributed by atoms with Crippen molar-refractivity contribution in [1.29, 1.82) is 0 Å². The standard InChI is InChI=1S/C30H27Cl2N3O4S/c1-20-15-17-23(18-16-20)40(38,39)35(27-14-8-12-25(31)29(27)32)19-28(36)34-26-13-7-6-11-24(26)30(37)33-21(2)22-9-4-3-5-10-22/h3-18,21H,19H2,1-2H3,(H,33,37)(H,34,36)/t21-/m1/s1. The first-order valence-corrected chi connectivity index (χ1v) is 14.6. The Morgan fingerprint density at radius 1 is 0.850 bits per heavy atom. The quantitative estimate of drug-likeness (QED) is 0.227. The number of halogens is 2. The minimum atomic E-state index is -4.22. The third-order valence-corrected chi connectivity index (χ3v) is 8.77. The molecule has 0 saturated heterocycles. The van der Waals surface area contributed by atoms with Crippen molar-refractivity contribution in [2.24, 2.45) is 0 Å². The molecule has 2 amide bonds. The molecule has 40 heavy (non-hydrogen) atoms. The van der Waals surface area contributed by atoms with Crippen LogP contribution < -0.4 is 14.9 Å². The second kappa shape index (κ2) is 12.6. The number of nitrogens with zero attached hydrogens (tertiary/aromatic N) is 1. The summed E-state index contributed by atoms with van der Waals surface area (Å²) in [5, 5.41) is 5.74. The van der Waals surface area contributed by atoms with Crippen molar-refractivity contribution in [3.63, 3.8) is 0 Å². The van der Waals surface area contributed by atoms with Gasteiger partial charge in [0.25, 0.3) is 15.9 Å². The summed E-state index contributed by atoms with van der Waals surface area (Å²) in [6.45, 7) is 3.08. The van der Waals surface area contributed by atoms with Crippen LogP contribution in [0, 0.1) is 6.92 Å². The molecule has 206 valence electrons. The lowest BCUT2D eigenvalue weighted by molar-refractivity contribution is -0.114. The van der Waals surface area contributed by atoms with E-state index in [1.54, 1.807) is 42.5 Å². The monoisotopic (exact) mass is 595 g/mol. The molecule has 0 bridgehead atoms. The van der Waals surface area contributed by atoms with Gasteiger partial charge in [0.15, 0.2) is 0 Å². The zero-order valence-electron chi connectivity index (χ0n) is 21.8. The Morgan fingerprint density at radius 2 is 1.50 bits per heavy atom. The molecule has 0 spiro atoms. The van der Waals surface area contributed by atoms with Crippen LogP contribution in [0.2, 0.25) is 10.0 Å². The van der Waals surface area contributed by atoms with Crippen LogP contribution in [0.15, 0.2) is 102 Å². The zero-order chi connectivity index (χ0) is 28.9. The Labute approximate surface area is 243 Å². The first kappa shape index (κ1) is 29.1. The number of para-hydroxylation sites is 1. The van der Waals surface area contributed by atoms with E-state index < -0.39 is 28.4 Å². The second-order valence-corrected chi connectivity index (χ2v) is 11.7. The first-order chi connectivity index (χ1) is 19.1. The number of hydrogen-bond acceptors (Lipinski definition) is 4. The number of sulfonamides is 1. The van der Waals surface area contributed by atoms with E-state index in [0.29, 0.717) is 0 Å². The third kappa shape index (κ3) is 6.65. The fourth-order valence-corrected chi connectivity index (χ4v) is 5.91.